The highest BCUT2D eigenvalue weighted by Gasteiger charge is 2.63. The lowest BCUT2D eigenvalue weighted by atomic mass is 9.77. The fourth-order valence-corrected chi connectivity index (χ4v) is 10.3. The molecule has 6 aliphatic rings. The largest absolute Gasteiger partial charge is 0.353 e. The van der Waals surface area contributed by atoms with Crippen LogP contribution in [0.3, 0.4) is 0 Å². The second-order valence-electron chi connectivity index (χ2n) is 16.0. The van der Waals surface area contributed by atoms with Crippen LogP contribution in [0.25, 0.3) is 0 Å². The number of hydrogen-bond acceptors (Lipinski definition) is 2. The van der Waals surface area contributed by atoms with E-state index in [0.717, 1.165) is 35.5 Å². The van der Waals surface area contributed by atoms with Crippen LogP contribution in [0.1, 0.15) is 131 Å². The SMILES string of the molecule is CC(C)[C@@H]1CC[C@@H](C)[C@@H]2[C@@H](C(=O)NC3CCCCC3)[C@@H]21.CC(C)[C@@H]1CC[C@@H](C)[C@H]2[C@H](C(=O)NC3CCCCC3)[C@H]21. The number of fused-ring (bicyclic) bond motifs is 2. The van der Waals surface area contributed by atoms with Crippen LogP contribution >= 0.6 is 0 Å². The lowest BCUT2D eigenvalue weighted by Gasteiger charge is -2.28. The molecule has 4 heteroatoms. The van der Waals surface area contributed by atoms with Crippen molar-refractivity contribution < 1.29 is 9.59 Å². The minimum Gasteiger partial charge on any atom is -0.353 e. The molecule has 0 aliphatic heterocycles. The summed E-state index contributed by atoms with van der Waals surface area (Å²) in [5.41, 5.74) is 0. The van der Waals surface area contributed by atoms with E-state index in [1.54, 1.807) is 0 Å². The van der Waals surface area contributed by atoms with Gasteiger partial charge in [-0.25, -0.2) is 0 Å². The van der Waals surface area contributed by atoms with Crippen LogP contribution in [0.15, 0.2) is 0 Å². The van der Waals surface area contributed by atoms with Crippen LogP contribution in [0.2, 0.25) is 0 Å². The molecule has 228 valence electrons. The molecule has 0 aromatic heterocycles. The number of carbonyl (C=O) groups is 2. The molecule has 0 saturated heterocycles. The second-order valence-corrected chi connectivity index (χ2v) is 16.0. The minimum absolute atomic E-state index is 0.349. The van der Waals surface area contributed by atoms with Crippen molar-refractivity contribution >= 4 is 11.8 Å². The first-order valence-corrected chi connectivity index (χ1v) is 17.8. The van der Waals surface area contributed by atoms with E-state index in [4.69, 9.17) is 0 Å². The number of rotatable bonds is 6. The Morgan fingerprint density at radius 1 is 0.500 bits per heavy atom. The van der Waals surface area contributed by atoms with Crippen molar-refractivity contribution in [1.29, 1.82) is 0 Å². The Labute approximate surface area is 246 Å². The minimum atomic E-state index is 0.349. The Bertz CT molecular complexity index is 787. The van der Waals surface area contributed by atoms with Gasteiger partial charge in [-0.3, -0.25) is 9.59 Å². The maximum absolute atomic E-state index is 12.6. The van der Waals surface area contributed by atoms with Crippen molar-refractivity contribution in [2.45, 2.75) is 144 Å². The smallest absolute Gasteiger partial charge is 0.223 e. The third-order valence-electron chi connectivity index (χ3n) is 12.7. The summed E-state index contributed by atoms with van der Waals surface area (Å²) in [6, 6.07) is 0.957. The highest BCUT2D eigenvalue weighted by Crippen LogP contribution is 2.63. The van der Waals surface area contributed by atoms with E-state index in [9.17, 15) is 9.59 Å². The highest BCUT2D eigenvalue weighted by molar-refractivity contribution is 5.83. The molecule has 6 fully saturated rings. The molecular formula is C36H62N2O2. The molecule has 2 N–H and O–H groups in total. The van der Waals surface area contributed by atoms with Crippen LogP contribution in [-0.4, -0.2) is 23.9 Å². The Balaban J connectivity index is 0.000000161. The topological polar surface area (TPSA) is 58.2 Å². The molecular weight excluding hydrogens is 492 g/mol. The number of amides is 2. The first-order chi connectivity index (χ1) is 19.2. The van der Waals surface area contributed by atoms with Crippen LogP contribution < -0.4 is 10.6 Å². The average Bonchev–Trinajstić information content (AvgIpc) is 3.84. The van der Waals surface area contributed by atoms with Crippen molar-refractivity contribution in [2.75, 3.05) is 0 Å². The van der Waals surface area contributed by atoms with Gasteiger partial charge in [0.1, 0.15) is 0 Å². The monoisotopic (exact) mass is 554 g/mol. The molecule has 2 amide bonds. The molecule has 0 bridgehead atoms. The summed E-state index contributed by atoms with van der Waals surface area (Å²) in [6.45, 7) is 14.1. The van der Waals surface area contributed by atoms with Crippen molar-refractivity contribution in [1.82, 2.24) is 10.6 Å². The Hall–Kier alpha value is -1.06. The molecule has 6 aliphatic carbocycles. The third kappa shape index (κ3) is 6.61. The first kappa shape index (κ1) is 30.4. The third-order valence-corrected chi connectivity index (χ3v) is 12.7. The van der Waals surface area contributed by atoms with E-state index in [1.165, 1.54) is 89.9 Å². The predicted octanol–water partition coefficient (Wildman–Crippen LogP) is 8.00. The predicted molar refractivity (Wildman–Crippen MR) is 164 cm³/mol. The summed E-state index contributed by atoms with van der Waals surface area (Å²) in [7, 11) is 0. The van der Waals surface area contributed by atoms with E-state index in [-0.39, 0.29) is 0 Å². The number of carbonyl (C=O) groups excluding carboxylic acids is 2. The molecule has 0 radical (unpaired) electrons. The van der Waals surface area contributed by atoms with Gasteiger partial charge >= 0.3 is 0 Å². The van der Waals surface area contributed by atoms with E-state index >= 15 is 0 Å². The van der Waals surface area contributed by atoms with Gasteiger partial charge in [-0.05, 0) is 97.7 Å². The fraction of sp³-hybridized carbons (Fsp3) is 0.944. The zero-order valence-corrected chi connectivity index (χ0v) is 26.8. The molecule has 4 nitrogen and oxygen atoms in total. The Morgan fingerprint density at radius 2 is 0.850 bits per heavy atom. The normalized spacial score (nSPS) is 41.3. The first-order valence-electron chi connectivity index (χ1n) is 17.8. The van der Waals surface area contributed by atoms with Crippen LogP contribution in [0, 0.1) is 71.0 Å². The van der Waals surface area contributed by atoms with Crippen LogP contribution in [-0.2, 0) is 9.59 Å². The van der Waals surface area contributed by atoms with E-state index < -0.39 is 0 Å². The van der Waals surface area contributed by atoms with Gasteiger partial charge in [0.25, 0.3) is 0 Å². The molecule has 6 rings (SSSR count). The Morgan fingerprint density at radius 3 is 1.18 bits per heavy atom. The summed E-state index contributed by atoms with van der Waals surface area (Å²) in [5.74, 6) is 8.85. The van der Waals surface area contributed by atoms with Gasteiger partial charge in [-0.2, -0.15) is 0 Å². The van der Waals surface area contributed by atoms with Gasteiger partial charge in [0.2, 0.25) is 11.8 Å². The van der Waals surface area contributed by atoms with Crippen LogP contribution in [0.4, 0.5) is 0 Å². The highest BCUT2D eigenvalue weighted by atomic mass is 16.2. The van der Waals surface area contributed by atoms with Gasteiger partial charge < -0.3 is 10.6 Å². The summed E-state index contributed by atoms with van der Waals surface area (Å²) in [4.78, 5) is 25.3. The van der Waals surface area contributed by atoms with Crippen molar-refractivity contribution in [2.24, 2.45) is 71.0 Å². The summed E-state index contributed by atoms with van der Waals surface area (Å²) in [5, 5.41) is 6.76. The van der Waals surface area contributed by atoms with Crippen LogP contribution in [0.5, 0.6) is 0 Å². The van der Waals surface area contributed by atoms with E-state index in [1.807, 2.05) is 0 Å². The molecule has 40 heavy (non-hydrogen) atoms. The molecule has 0 aromatic carbocycles. The molecule has 10 atom stereocenters. The van der Waals surface area contributed by atoms with Gasteiger partial charge in [0, 0.05) is 23.9 Å². The molecule has 6 saturated carbocycles. The molecule has 0 aromatic rings. The number of nitrogens with one attached hydrogen (secondary N) is 2. The average molecular weight is 555 g/mol. The van der Waals surface area contributed by atoms with E-state index in [0.29, 0.717) is 59.4 Å². The van der Waals surface area contributed by atoms with E-state index in [2.05, 4.69) is 52.2 Å². The number of hydrogen-bond donors (Lipinski definition) is 2. The lowest BCUT2D eigenvalue weighted by molar-refractivity contribution is -0.124. The lowest BCUT2D eigenvalue weighted by Crippen LogP contribution is -2.38. The molecule has 0 heterocycles. The van der Waals surface area contributed by atoms with Gasteiger partial charge in [-0.1, -0.05) is 92.9 Å². The van der Waals surface area contributed by atoms with Crippen molar-refractivity contribution in [3.8, 4) is 0 Å². The summed E-state index contributed by atoms with van der Waals surface area (Å²) >= 11 is 0. The maximum atomic E-state index is 12.6. The van der Waals surface area contributed by atoms with Gasteiger partial charge in [0.15, 0.2) is 0 Å². The van der Waals surface area contributed by atoms with Crippen molar-refractivity contribution in [3.05, 3.63) is 0 Å². The fourth-order valence-electron chi connectivity index (χ4n) is 10.3. The zero-order valence-electron chi connectivity index (χ0n) is 26.8. The zero-order chi connectivity index (χ0) is 28.6. The summed E-state index contributed by atoms with van der Waals surface area (Å²) in [6.07, 6.45) is 18.1. The quantitative estimate of drug-likeness (QED) is 0.349. The molecule has 0 unspecified atom stereocenters. The Kier molecular flexibility index (Phi) is 9.93. The molecule has 0 spiro atoms. The second kappa shape index (κ2) is 13.1. The maximum Gasteiger partial charge on any atom is 0.223 e. The summed E-state index contributed by atoms with van der Waals surface area (Å²) < 4.78 is 0. The van der Waals surface area contributed by atoms with Gasteiger partial charge in [-0.15, -0.1) is 0 Å². The van der Waals surface area contributed by atoms with Crippen molar-refractivity contribution in [3.63, 3.8) is 0 Å². The van der Waals surface area contributed by atoms with Gasteiger partial charge in [0.05, 0.1) is 0 Å². The standard InChI is InChI=1S/2C18H31NO/c2*1-11(2)14-10-9-12(3)15-16(14)17(15)18(20)19-13-7-5-4-6-8-13/h2*11-17H,4-10H2,1-3H3,(H,19,20)/t12-,14+,15+,16-,17-;12-,14+,15-,16+,17+/m11/s1.